The number of benzene rings is 1. The van der Waals surface area contributed by atoms with Crippen molar-refractivity contribution in [3.05, 3.63) is 35.8 Å². The third kappa shape index (κ3) is 2.99. The van der Waals surface area contributed by atoms with Gasteiger partial charge in [-0.25, -0.2) is 9.97 Å². The van der Waals surface area contributed by atoms with Crippen molar-refractivity contribution in [2.24, 2.45) is 0 Å². The lowest BCUT2D eigenvalue weighted by atomic mass is 10.1. The molecule has 0 atom stereocenters. The lowest BCUT2D eigenvalue weighted by Crippen LogP contribution is -2.12. The van der Waals surface area contributed by atoms with Crippen molar-refractivity contribution in [3.63, 3.8) is 0 Å². The molecule has 0 amide bonds. The van der Waals surface area contributed by atoms with Gasteiger partial charge in [-0.05, 0) is 38.5 Å². The molecule has 1 aromatic heterocycles. The Morgan fingerprint density at radius 1 is 1.26 bits per heavy atom. The lowest BCUT2D eigenvalue weighted by molar-refractivity contribution is 0.841. The number of rotatable bonds is 5. The van der Waals surface area contributed by atoms with Crippen LogP contribution in [0.1, 0.15) is 38.6 Å². The Bertz CT molecular complexity index is 1110. The maximum Gasteiger partial charge on any atom is 0.184 e. The molecule has 2 aliphatic rings. The van der Waals surface area contributed by atoms with Gasteiger partial charge >= 0.3 is 0 Å². The van der Waals surface area contributed by atoms with Gasteiger partial charge in [0.05, 0.1) is 34.1 Å². The molecule has 0 fully saturated rings. The Balaban J connectivity index is 1.93. The maximum absolute atomic E-state index is 9.17. The van der Waals surface area contributed by atoms with E-state index in [0.29, 0.717) is 11.4 Å². The highest BCUT2D eigenvalue weighted by Gasteiger charge is 2.23. The smallest absolute Gasteiger partial charge is 0.184 e. The van der Waals surface area contributed by atoms with Crippen molar-refractivity contribution in [2.45, 2.75) is 39.7 Å². The molecule has 136 valence electrons. The van der Waals surface area contributed by atoms with Gasteiger partial charge in [-0.15, -0.1) is 0 Å². The summed E-state index contributed by atoms with van der Waals surface area (Å²) < 4.78 is 0. The number of hydrogen-bond donors (Lipinski definition) is 3. The topological polar surface area (TPSA) is 106 Å². The van der Waals surface area contributed by atoms with Crippen molar-refractivity contribution in [1.29, 1.82) is 5.26 Å². The highest BCUT2D eigenvalue weighted by atomic mass is 15.2. The molecule has 27 heavy (non-hydrogen) atoms. The number of aryl methyl sites for hydroxylation is 1. The maximum atomic E-state index is 9.17. The predicted molar refractivity (Wildman–Crippen MR) is 106 cm³/mol. The van der Waals surface area contributed by atoms with Crippen LogP contribution in [0.4, 0.5) is 5.69 Å². The summed E-state index contributed by atoms with van der Waals surface area (Å²) >= 11 is 0. The van der Waals surface area contributed by atoms with Crippen LogP contribution in [-0.2, 0) is 6.42 Å². The van der Waals surface area contributed by atoms with E-state index in [0.717, 1.165) is 52.2 Å². The van der Waals surface area contributed by atoms with Crippen molar-refractivity contribution >= 4 is 16.6 Å². The van der Waals surface area contributed by atoms with Gasteiger partial charge in [0.2, 0.25) is 0 Å². The zero-order chi connectivity index (χ0) is 19.0. The van der Waals surface area contributed by atoms with Crippen LogP contribution >= 0.6 is 0 Å². The second kappa shape index (κ2) is 6.72. The number of nitrogens with one attached hydrogen (secondary N) is 3. The van der Waals surface area contributed by atoms with Crippen molar-refractivity contribution < 1.29 is 0 Å². The molecule has 2 aromatic rings. The molecular formula is C20H21N7. The Kier molecular flexibility index (Phi) is 4.24. The number of nitriles is 1. The zero-order valence-corrected chi connectivity index (χ0v) is 15.6. The number of fused-ring (bicyclic) bond motifs is 3. The minimum Gasteiger partial charge on any atom is -0.380 e. The first kappa shape index (κ1) is 17.0. The zero-order valence-electron chi connectivity index (χ0n) is 15.6. The van der Waals surface area contributed by atoms with Gasteiger partial charge in [0.1, 0.15) is 11.5 Å². The molecule has 0 radical (unpaired) electrons. The van der Waals surface area contributed by atoms with Gasteiger partial charge in [0.25, 0.3) is 0 Å². The van der Waals surface area contributed by atoms with Gasteiger partial charge in [-0.3, -0.25) is 5.10 Å². The minimum absolute atomic E-state index is 0.220. The Morgan fingerprint density at radius 3 is 2.85 bits per heavy atom. The third-order valence-corrected chi connectivity index (χ3v) is 4.42. The summed E-state index contributed by atoms with van der Waals surface area (Å²) in [7, 11) is 0. The van der Waals surface area contributed by atoms with Crippen molar-refractivity contribution in [2.75, 3.05) is 5.32 Å². The average molecular weight is 359 g/mol. The van der Waals surface area contributed by atoms with E-state index in [4.69, 9.17) is 10.2 Å². The number of nitrogens with zero attached hydrogens (tertiary/aromatic N) is 4. The number of pyridine rings is 1. The molecule has 0 aliphatic carbocycles. The van der Waals surface area contributed by atoms with Crippen LogP contribution in [0, 0.1) is 11.3 Å². The van der Waals surface area contributed by atoms with Crippen molar-refractivity contribution in [3.8, 4) is 28.8 Å². The van der Waals surface area contributed by atoms with E-state index in [-0.39, 0.29) is 6.04 Å². The van der Waals surface area contributed by atoms with Gasteiger partial charge in [0, 0.05) is 24.0 Å². The van der Waals surface area contributed by atoms with Gasteiger partial charge in [-0.2, -0.15) is 10.4 Å². The van der Waals surface area contributed by atoms with E-state index in [1.54, 1.807) is 0 Å². The highest BCUT2D eigenvalue weighted by molar-refractivity contribution is 6.02. The van der Waals surface area contributed by atoms with E-state index in [1.165, 1.54) is 0 Å². The summed E-state index contributed by atoms with van der Waals surface area (Å²) in [6.45, 7) is 6.29. The predicted octanol–water partition coefficient (Wildman–Crippen LogP) is 4.10. The first-order chi connectivity index (χ1) is 13.1. The van der Waals surface area contributed by atoms with E-state index in [1.807, 2.05) is 24.4 Å². The first-order valence-corrected chi connectivity index (χ1v) is 9.13. The molecule has 0 unspecified atom stereocenters. The first-order valence-electron chi connectivity index (χ1n) is 9.13. The van der Waals surface area contributed by atoms with Crippen LogP contribution in [0.15, 0.2) is 24.4 Å². The van der Waals surface area contributed by atoms with E-state index >= 15 is 0 Å². The van der Waals surface area contributed by atoms with Crippen LogP contribution in [0.25, 0.3) is 33.7 Å². The van der Waals surface area contributed by atoms with E-state index < -0.39 is 0 Å². The van der Waals surface area contributed by atoms with Crippen LogP contribution in [-0.4, -0.2) is 31.2 Å². The van der Waals surface area contributed by atoms with E-state index in [2.05, 4.69) is 52.3 Å². The van der Waals surface area contributed by atoms with Gasteiger partial charge < -0.3 is 10.3 Å². The largest absolute Gasteiger partial charge is 0.380 e. The standard InChI is InChI=1S/C20H21N7/c1-4-5-16-25-20(27-26-16)14-10-22-17-13-7-6-12(9-21)8-15(13)24-19(17)18(14)23-11(2)3/h6-8,10-11,22-23H,4-5H2,1-3H3,(H,25,26,27). The normalized spacial score (nSPS) is 11.4. The Hall–Kier alpha value is -3.40. The summed E-state index contributed by atoms with van der Waals surface area (Å²) in [5, 5.41) is 21.1. The van der Waals surface area contributed by atoms with Gasteiger partial charge in [0.15, 0.2) is 5.82 Å². The summed E-state index contributed by atoms with van der Waals surface area (Å²) in [5.74, 6) is 1.52. The SMILES string of the molecule is CCCc1nc(-c2c[nH]c3c4ccc(C#N)cc4nc-3c2NC(C)C)n[nH]1. The molecular weight excluding hydrogens is 338 g/mol. The molecule has 3 N–H and O–H groups in total. The number of anilines is 1. The summed E-state index contributed by atoms with van der Waals surface area (Å²) in [6, 6.07) is 7.95. The van der Waals surface area contributed by atoms with Crippen LogP contribution < -0.4 is 5.32 Å². The highest BCUT2D eigenvalue weighted by Crippen LogP contribution is 2.40. The molecule has 7 nitrogen and oxygen atoms in total. The molecule has 2 aliphatic heterocycles. The minimum atomic E-state index is 0.220. The monoisotopic (exact) mass is 359 g/mol. The lowest BCUT2D eigenvalue weighted by Gasteiger charge is -2.16. The molecule has 0 saturated heterocycles. The number of H-pyrrole nitrogens is 2. The van der Waals surface area contributed by atoms with Crippen molar-refractivity contribution in [1.82, 2.24) is 25.1 Å². The fourth-order valence-electron chi connectivity index (χ4n) is 3.26. The Morgan fingerprint density at radius 2 is 2.11 bits per heavy atom. The molecule has 3 heterocycles. The fraction of sp³-hybridized carbons (Fsp3) is 0.300. The summed E-state index contributed by atoms with van der Waals surface area (Å²) in [5.41, 5.74) is 4.93. The molecule has 1 aromatic carbocycles. The third-order valence-electron chi connectivity index (χ3n) is 4.42. The second-order valence-corrected chi connectivity index (χ2v) is 6.91. The molecule has 7 heteroatoms. The van der Waals surface area contributed by atoms with Crippen LogP contribution in [0.5, 0.6) is 0 Å². The van der Waals surface area contributed by atoms with Gasteiger partial charge in [-0.1, -0.05) is 6.92 Å². The fourth-order valence-corrected chi connectivity index (χ4v) is 3.26. The summed E-state index contributed by atoms with van der Waals surface area (Å²) in [6.07, 6.45) is 3.79. The quantitative estimate of drug-likeness (QED) is 0.497. The van der Waals surface area contributed by atoms with Crippen LogP contribution in [0.2, 0.25) is 0 Å². The molecule has 4 rings (SSSR count). The molecule has 0 saturated carbocycles. The van der Waals surface area contributed by atoms with Crippen LogP contribution in [0.3, 0.4) is 0 Å². The number of hydrogen-bond acceptors (Lipinski definition) is 5. The summed E-state index contributed by atoms with van der Waals surface area (Å²) in [4.78, 5) is 12.8. The molecule has 0 spiro atoms. The number of aromatic amines is 2. The number of aromatic nitrogens is 5. The average Bonchev–Trinajstić information content (AvgIpc) is 3.26. The van der Waals surface area contributed by atoms with E-state index in [9.17, 15) is 0 Å². The second-order valence-electron chi connectivity index (χ2n) is 6.91. The Labute approximate surface area is 157 Å². The molecule has 0 bridgehead atoms.